The molecule has 0 spiro atoms. The van der Waals surface area contributed by atoms with Crippen molar-refractivity contribution in [1.82, 2.24) is 9.88 Å². The van der Waals surface area contributed by atoms with E-state index in [0.29, 0.717) is 5.88 Å². The van der Waals surface area contributed by atoms with Gasteiger partial charge in [0.15, 0.2) is 0 Å². The summed E-state index contributed by atoms with van der Waals surface area (Å²) < 4.78 is 5.06. The van der Waals surface area contributed by atoms with Gasteiger partial charge in [0.2, 0.25) is 5.88 Å². The molecule has 3 heteroatoms. The molecule has 0 aliphatic carbocycles. The number of piperidine rings is 1. The van der Waals surface area contributed by atoms with Crippen LogP contribution in [0.3, 0.4) is 0 Å². The second kappa shape index (κ2) is 6.01. The minimum absolute atomic E-state index is 0.693. The summed E-state index contributed by atoms with van der Waals surface area (Å²) in [6, 6.07) is 4.05. The third-order valence-corrected chi connectivity index (χ3v) is 3.70. The lowest BCUT2D eigenvalue weighted by atomic mass is 9.94. The summed E-state index contributed by atoms with van der Waals surface area (Å²) in [5.74, 6) is 1.64. The highest BCUT2D eigenvalue weighted by Gasteiger charge is 2.17. The maximum absolute atomic E-state index is 5.06. The van der Waals surface area contributed by atoms with E-state index in [9.17, 15) is 0 Å². The van der Waals surface area contributed by atoms with Crippen molar-refractivity contribution in [3.05, 3.63) is 23.9 Å². The van der Waals surface area contributed by atoms with Gasteiger partial charge in [-0.05, 0) is 37.4 Å². The first-order valence-electron chi connectivity index (χ1n) is 6.53. The lowest BCUT2D eigenvalue weighted by molar-refractivity contribution is 0.175. The van der Waals surface area contributed by atoms with Crippen LogP contribution in [0.2, 0.25) is 0 Å². The average molecular weight is 234 g/mol. The zero-order valence-electron chi connectivity index (χ0n) is 10.9. The van der Waals surface area contributed by atoms with E-state index in [-0.39, 0.29) is 0 Å². The van der Waals surface area contributed by atoms with Gasteiger partial charge in [-0.3, -0.25) is 4.90 Å². The minimum Gasteiger partial charge on any atom is -0.481 e. The Morgan fingerprint density at radius 2 is 2.12 bits per heavy atom. The zero-order chi connectivity index (χ0) is 12.1. The van der Waals surface area contributed by atoms with Crippen molar-refractivity contribution in [3.63, 3.8) is 0 Å². The van der Waals surface area contributed by atoms with Crippen LogP contribution in [0, 0.1) is 5.92 Å². The van der Waals surface area contributed by atoms with Gasteiger partial charge in [-0.25, -0.2) is 4.98 Å². The number of hydrogen-bond donors (Lipinski definition) is 0. The molecule has 2 heterocycles. The Labute approximate surface area is 104 Å². The summed E-state index contributed by atoms with van der Waals surface area (Å²) in [6.07, 6.45) is 5.95. The molecule has 1 saturated heterocycles. The van der Waals surface area contributed by atoms with Crippen LogP contribution in [0.25, 0.3) is 0 Å². The number of likely N-dealkylation sites (tertiary alicyclic amines) is 1. The maximum Gasteiger partial charge on any atom is 0.212 e. The highest BCUT2D eigenvalue weighted by molar-refractivity contribution is 5.17. The summed E-state index contributed by atoms with van der Waals surface area (Å²) >= 11 is 0. The van der Waals surface area contributed by atoms with Crippen LogP contribution in [0.5, 0.6) is 5.88 Å². The predicted octanol–water partition coefficient (Wildman–Crippen LogP) is 2.71. The number of ether oxygens (including phenoxy) is 1. The molecule has 1 fully saturated rings. The van der Waals surface area contributed by atoms with Crippen molar-refractivity contribution in [2.24, 2.45) is 5.92 Å². The molecule has 94 valence electrons. The molecule has 1 aromatic heterocycles. The van der Waals surface area contributed by atoms with Crippen molar-refractivity contribution in [2.75, 3.05) is 20.2 Å². The fourth-order valence-corrected chi connectivity index (χ4v) is 2.44. The van der Waals surface area contributed by atoms with Crippen LogP contribution >= 0.6 is 0 Å². The van der Waals surface area contributed by atoms with Crippen LogP contribution in [-0.4, -0.2) is 30.1 Å². The first-order chi connectivity index (χ1) is 8.31. The van der Waals surface area contributed by atoms with Crippen molar-refractivity contribution in [1.29, 1.82) is 0 Å². The predicted molar refractivity (Wildman–Crippen MR) is 69.1 cm³/mol. The first kappa shape index (κ1) is 12.4. The number of methoxy groups -OCH3 is 1. The monoisotopic (exact) mass is 234 g/mol. The molecule has 0 N–H and O–H groups in total. The van der Waals surface area contributed by atoms with Gasteiger partial charge in [-0.1, -0.05) is 19.4 Å². The second-order valence-electron chi connectivity index (χ2n) is 4.84. The Kier molecular flexibility index (Phi) is 4.37. The van der Waals surface area contributed by atoms with E-state index in [0.717, 1.165) is 12.5 Å². The highest BCUT2D eigenvalue weighted by Crippen LogP contribution is 2.21. The maximum atomic E-state index is 5.06. The fraction of sp³-hybridized carbons (Fsp3) is 0.643. The van der Waals surface area contributed by atoms with Crippen molar-refractivity contribution < 1.29 is 4.74 Å². The van der Waals surface area contributed by atoms with E-state index >= 15 is 0 Å². The largest absolute Gasteiger partial charge is 0.481 e. The number of aromatic nitrogens is 1. The van der Waals surface area contributed by atoms with Gasteiger partial charge >= 0.3 is 0 Å². The average Bonchev–Trinajstić information content (AvgIpc) is 2.40. The van der Waals surface area contributed by atoms with Crippen LogP contribution in [0.1, 0.15) is 31.7 Å². The molecule has 0 atom stereocenters. The molecule has 0 amide bonds. The van der Waals surface area contributed by atoms with E-state index in [1.165, 1.54) is 37.9 Å². The van der Waals surface area contributed by atoms with Crippen LogP contribution in [0.15, 0.2) is 18.3 Å². The van der Waals surface area contributed by atoms with Crippen molar-refractivity contribution in [3.8, 4) is 5.88 Å². The molecule has 1 aliphatic heterocycles. The summed E-state index contributed by atoms with van der Waals surface area (Å²) in [7, 11) is 1.65. The Hall–Kier alpha value is -1.09. The molecular formula is C14H22N2O. The van der Waals surface area contributed by atoms with Gasteiger partial charge in [0.05, 0.1) is 7.11 Å². The topological polar surface area (TPSA) is 25.4 Å². The molecule has 0 aromatic carbocycles. The van der Waals surface area contributed by atoms with Crippen LogP contribution < -0.4 is 4.74 Å². The number of rotatable bonds is 4. The lowest BCUT2D eigenvalue weighted by Crippen LogP contribution is -2.33. The summed E-state index contributed by atoms with van der Waals surface area (Å²) in [5, 5.41) is 0. The van der Waals surface area contributed by atoms with Gasteiger partial charge in [0.1, 0.15) is 0 Å². The van der Waals surface area contributed by atoms with E-state index in [1.54, 1.807) is 7.11 Å². The number of hydrogen-bond acceptors (Lipinski definition) is 3. The smallest absolute Gasteiger partial charge is 0.212 e. The van der Waals surface area contributed by atoms with E-state index in [2.05, 4.69) is 22.9 Å². The zero-order valence-corrected chi connectivity index (χ0v) is 10.9. The second-order valence-corrected chi connectivity index (χ2v) is 4.84. The van der Waals surface area contributed by atoms with E-state index < -0.39 is 0 Å². The SMILES string of the molecule is CCC1CCN(Cc2ccc(OC)nc2)CC1. The van der Waals surface area contributed by atoms with Gasteiger partial charge in [0.25, 0.3) is 0 Å². The van der Waals surface area contributed by atoms with E-state index in [4.69, 9.17) is 4.74 Å². The molecule has 0 radical (unpaired) electrons. The Morgan fingerprint density at radius 3 is 2.65 bits per heavy atom. The molecular weight excluding hydrogens is 212 g/mol. The summed E-state index contributed by atoms with van der Waals surface area (Å²) in [5.41, 5.74) is 1.28. The molecule has 1 aromatic rings. The van der Waals surface area contributed by atoms with Crippen molar-refractivity contribution >= 4 is 0 Å². The van der Waals surface area contributed by atoms with Crippen LogP contribution in [-0.2, 0) is 6.54 Å². The molecule has 3 nitrogen and oxygen atoms in total. The normalized spacial score (nSPS) is 18.2. The summed E-state index contributed by atoms with van der Waals surface area (Å²) in [6.45, 7) is 5.77. The molecule has 0 saturated carbocycles. The Bertz CT molecular complexity index is 329. The Morgan fingerprint density at radius 1 is 1.35 bits per heavy atom. The van der Waals surface area contributed by atoms with Gasteiger partial charge < -0.3 is 4.74 Å². The minimum atomic E-state index is 0.693. The molecule has 17 heavy (non-hydrogen) atoms. The molecule has 0 bridgehead atoms. The highest BCUT2D eigenvalue weighted by atomic mass is 16.5. The lowest BCUT2D eigenvalue weighted by Gasteiger charge is -2.31. The third kappa shape index (κ3) is 3.43. The first-order valence-corrected chi connectivity index (χ1v) is 6.53. The fourth-order valence-electron chi connectivity index (χ4n) is 2.44. The molecule has 2 rings (SSSR count). The van der Waals surface area contributed by atoms with Gasteiger partial charge in [-0.2, -0.15) is 0 Å². The van der Waals surface area contributed by atoms with Crippen molar-refractivity contribution in [2.45, 2.75) is 32.7 Å². The standard InChI is InChI=1S/C14H22N2O/c1-3-12-6-8-16(9-7-12)11-13-4-5-14(17-2)15-10-13/h4-5,10,12H,3,6-9,11H2,1-2H3. The quantitative estimate of drug-likeness (QED) is 0.801. The number of nitrogens with zero attached hydrogens (tertiary/aromatic N) is 2. The molecule has 0 unspecified atom stereocenters. The van der Waals surface area contributed by atoms with Gasteiger partial charge in [-0.15, -0.1) is 0 Å². The Balaban J connectivity index is 1.84. The summed E-state index contributed by atoms with van der Waals surface area (Å²) in [4.78, 5) is 6.77. The van der Waals surface area contributed by atoms with Gasteiger partial charge in [0, 0.05) is 18.8 Å². The molecule has 1 aliphatic rings. The third-order valence-electron chi connectivity index (χ3n) is 3.70. The number of pyridine rings is 1. The van der Waals surface area contributed by atoms with E-state index in [1.807, 2.05) is 12.3 Å². The van der Waals surface area contributed by atoms with Crippen LogP contribution in [0.4, 0.5) is 0 Å².